The monoisotopic (exact) mass is 227 g/mol. The summed E-state index contributed by atoms with van der Waals surface area (Å²) in [5.41, 5.74) is -0.530. The Morgan fingerprint density at radius 1 is 1.31 bits per heavy atom. The van der Waals surface area contributed by atoms with Gasteiger partial charge >= 0.3 is 5.97 Å². The Morgan fingerprint density at radius 3 is 2.44 bits per heavy atom. The molecule has 0 aliphatic heterocycles. The lowest BCUT2D eigenvalue weighted by atomic mass is 9.88. The fourth-order valence-corrected chi connectivity index (χ4v) is 1.81. The summed E-state index contributed by atoms with van der Waals surface area (Å²) in [5, 5.41) is 12.2. The first kappa shape index (κ1) is 12.7. The smallest absolute Gasteiger partial charge is 0.361 e. The molecule has 0 radical (unpaired) electrons. The van der Waals surface area contributed by atoms with Crippen LogP contribution in [0.15, 0.2) is 5.16 Å². The summed E-state index contributed by atoms with van der Waals surface area (Å²) in [6.45, 7) is 3.22. The molecule has 90 valence electrons. The van der Waals surface area contributed by atoms with E-state index in [1.54, 1.807) is 0 Å². The van der Waals surface area contributed by atoms with Crippen molar-refractivity contribution in [3.05, 3.63) is 0 Å². The maximum absolute atomic E-state index is 10.9. The maximum Gasteiger partial charge on any atom is 0.361 e. The van der Waals surface area contributed by atoms with E-state index in [1.807, 2.05) is 6.92 Å². The first-order valence-corrected chi connectivity index (χ1v) is 5.50. The minimum Gasteiger partial charge on any atom is -0.476 e. The van der Waals surface area contributed by atoms with Crippen molar-refractivity contribution >= 4 is 17.5 Å². The molecule has 1 aliphatic carbocycles. The average Bonchev–Trinajstić information content (AvgIpc) is 2.20. The molecule has 1 fully saturated rings. The van der Waals surface area contributed by atoms with Crippen LogP contribution >= 0.6 is 0 Å². The summed E-state index contributed by atoms with van der Waals surface area (Å²) in [6.07, 6.45) is 4.09. The number of carbonyl (C=O) groups is 2. The third-order valence-corrected chi connectivity index (χ3v) is 2.85. The van der Waals surface area contributed by atoms with Gasteiger partial charge < -0.3 is 9.94 Å². The number of nitrogens with zero attached hydrogens (tertiary/aromatic N) is 1. The van der Waals surface area contributed by atoms with Crippen LogP contribution in [0.2, 0.25) is 0 Å². The quantitative estimate of drug-likeness (QED) is 0.449. The van der Waals surface area contributed by atoms with Crippen LogP contribution in [0.25, 0.3) is 0 Å². The van der Waals surface area contributed by atoms with Gasteiger partial charge in [0.05, 0.1) is 0 Å². The van der Waals surface area contributed by atoms with Crippen molar-refractivity contribution in [2.24, 2.45) is 11.1 Å². The van der Waals surface area contributed by atoms with Crippen LogP contribution in [0, 0.1) is 5.92 Å². The highest BCUT2D eigenvalue weighted by Crippen LogP contribution is 2.26. The molecular weight excluding hydrogens is 210 g/mol. The summed E-state index contributed by atoms with van der Waals surface area (Å²) >= 11 is 0. The molecule has 1 rings (SSSR count). The van der Waals surface area contributed by atoms with Crippen molar-refractivity contribution in [2.75, 3.05) is 0 Å². The highest BCUT2D eigenvalue weighted by Gasteiger charge is 2.24. The van der Waals surface area contributed by atoms with Gasteiger partial charge in [0.15, 0.2) is 5.78 Å². The van der Waals surface area contributed by atoms with Crippen molar-refractivity contribution in [3.63, 3.8) is 0 Å². The number of oxime groups is 1. The number of rotatable bonds is 4. The number of carboxylic acids is 1. The summed E-state index contributed by atoms with van der Waals surface area (Å²) < 4.78 is 0. The zero-order valence-corrected chi connectivity index (χ0v) is 9.60. The fraction of sp³-hybridized carbons (Fsp3) is 0.727. The summed E-state index contributed by atoms with van der Waals surface area (Å²) in [5.74, 6) is -1.56. The molecule has 0 amide bonds. The van der Waals surface area contributed by atoms with Gasteiger partial charge in [0.2, 0.25) is 5.71 Å². The molecule has 0 bridgehead atoms. The number of ketones is 1. The normalized spacial score (nSPS) is 26.2. The fourth-order valence-electron chi connectivity index (χ4n) is 1.81. The topological polar surface area (TPSA) is 76.0 Å². The summed E-state index contributed by atoms with van der Waals surface area (Å²) in [7, 11) is 0. The summed E-state index contributed by atoms with van der Waals surface area (Å²) in [4.78, 5) is 26.8. The molecule has 2 unspecified atom stereocenters. The Bertz CT molecular complexity index is 295. The first-order valence-electron chi connectivity index (χ1n) is 5.50. The second kappa shape index (κ2) is 5.63. The van der Waals surface area contributed by atoms with Gasteiger partial charge in [-0.1, -0.05) is 18.5 Å². The molecule has 5 nitrogen and oxygen atoms in total. The lowest BCUT2D eigenvalue weighted by molar-refractivity contribution is -0.130. The van der Waals surface area contributed by atoms with Crippen LogP contribution in [-0.4, -0.2) is 28.7 Å². The lowest BCUT2D eigenvalue weighted by Gasteiger charge is -2.26. The SMILES string of the molecule is CC(=O)C(=NOC1CCCCC1C)C(=O)O. The molecule has 5 heteroatoms. The number of aliphatic carboxylic acids is 1. The number of hydrogen-bond donors (Lipinski definition) is 1. The van der Waals surface area contributed by atoms with E-state index < -0.39 is 17.5 Å². The molecule has 0 saturated heterocycles. The van der Waals surface area contributed by atoms with E-state index in [-0.39, 0.29) is 6.10 Å². The van der Waals surface area contributed by atoms with E-state index in [1.165, 1.54) is 13.3 Å². The van der Waals surface area contributed by atoms with E-state index in [2.05, 4.69) is 5.16 Å². The average molecular weight is 227 g/mol. The van der Waals surface area contributed by atoms with Gasteiger partial charge in [-0.3, -0.25) is 4.79 Å². The van der Waals surface area contributed by atoms with E-state index in [9.17, 15) is 9.59 Å². The van der Waals surface area contributed by atoms with Crippen molar-refractivity contribution in [2.45, 2.75) is 45.6 Å². The maximum atomic E-state index is 10.9. The molecule has 0 aromatic carbocycles. The molecule has 1 aliphatic rings. The third kappa shape index (κ3) is 3.32. The lowest BCUT2D eigenvalue weighted by Crippen LogP contribution is -2.27. The number of hydrogen-bond acceptors (Lipinski definition) is 4. The third-order valence-electron chi connectivity index (χ3n) is 2.85. The first-order chi connectivity index (χ1) is 7.52. The largest absolute Gasteiger partial charge is 0.476 e. The van der Waals surface area contributed by atoms with Gasteiger partial charge in [-0.2, -0.15) is 0 Å². The Kier molecular flexibility index (Phi) is 4.46. The van der Waals surface area contributed by atoms with Crippen LogP contribution in [0.3, 0.4) is 0 Å². The second-order valence-corrected chi connectivity index (χ2v) is 4.21. The molecule has 1 saturated carbocycles. The molecule has 0 spiro atoms. The zero-order chi connectivity index (χ0) is 12.1. The molecule has 16 heavy (non-hydrogen) atoms. The predicted octanol–water partition coefficient (Wildman–Crippen LogP) is 1.61. The molecule has 0 aromatic rings. The van der Waals surface area contributed by atoms with Crippen molar-refractivity contribution in [3.8, 4) is 0 Å². The van der Waals surface area contributed by atoms with Crippen LogP contribution in [0.1, 0.15) is 39.5 Å². The van der Waals surface area contributed by atoms with E-state index in [0.717, 1.165) is 19.3 Å². The highest BCUT2D eigenvalue weighted by atomic mass is 16.6. The Balaban J connectivity index is 2.61. The molecule has 0 aromatic heterocycles. The number of Topliss-reactive ketones (excluding diaryl/α,β-unsaturated/α-hetero) is 1. The summed E-state index contributed by atoms with van der Waals surface area (Å²) in [6, 6.07) is 0. The number of carbonyl (C=O) groups excluding carboxylic acids is 1. The van der Waals surface area contributed by atoms with Gasteiger partial charge in [0, 0.05) is 6.92 Å². The molecule has 1 N–H and O–H groups in total. The van der Waals surface area contributed by atoms with Gasteiger partial charge in [-0.05, 0) is 25.2 Å². The van der Waals surface area contributed by atoms with E-state index in [4.69, 9.17) is 9.94 Å². The molecular formula is C11H17NO4. The standard InChI is InChI=1S/C11H17NO4/c1-7-5-3-4-6-9(7)16-12-10(8(2)13)11(14)15/h7,9H,3-6H2,1-2H3,(H,14,15). The Hall–Kier alpha value is -1.39. The van der Waals surface area contributed by atoms with Crippen molar-refractivity contribution in [1.29, 1.82) is 0 Å². The predicted molar refractivity (Wildman–Crippen MR) is 58.3 cm³/mol. The van der Waals surface area contributed by atoms with E-state index >= 15 is 0 Å². The van der Waals surface area contributed by atoms with Gasteiger partial charge in [0.1, 0.15) is 6.10 Å². The van der Waals surface area contributed by atoms with Crippen LogP contribution < -0.4 is 0 Å². The zero-order valence-electron chi connectivity index (χ0n) is 9.60. The van der Waals surface area contributed by atoms with Crippen LogP contribution in [0.4, 0.5) is 0 Å². The van der Waals surface area contributed by atoms with Crippen LogP contribution in [-0.2, 0) is 14.4 Å². The van der Waals surface area contributed by atoms with Crippen LogP contribution in [0.5, 0.6) is 0 Å². The minimum absolute atomic E-state index is 0.0672. The van der Waals surface area contributed by atoms with Gasteiger partial charge in [-0.15, -0.1) is 0 Å². The Labute approximate surface area is 94.5 Å². The minimum atomic E-state index is -1.34. The van der Waals surface area contributed by atoms with Crippen molar-refractivity contribution in [1.82, 2.24) is 0 Å². The highest BCUT2D eigenvalue weighted by molar-refractivity contribution is 6.63. The molecule has 0 heterocycles. The molecule has 2 atom stereocenters. The second-order valence-electron chi connectivity index (χ2n) is 4.21. The van der Waals surface area contributed by atoms with E-state index in [0.29, 0.717) is 5.92 Å². The van der Waals surface area contributed by atoms with Gasteiger partial charge in [-0.25, -0.2) is 4.79 Å². The van der Waals surface area contributed by atoms with Gasteiger partial charge in [0.25, 0.3) is 0 Å². The Morgan fingerprint density at radius 2 is 1.94 bits per heavy atom. The number of carboxylic acid groups (broad SMARTS) is 1. The van der Waals surface area contributed by atoms with Crippen molar-refractivity contribution < 1.29 is 19.5 Å².